The van der Waals surface area contributed by atoms with E-state index in [-0.39, 0.29) is 0 Å². The number of halogens is 2. The summed E-state index contributed by atoms with van der Waals surface area (Å²) in [4.78, 5) is 0. The van der Waals surface area contributed by atoms with Crippen LogP contribution in [0.3, 0.4) is 0 Å². The van der Waals surface area contributed by atoms with Crippen LogP contribution >= 0.6 is 0 Å². The molecular weight excluding hydrogens is 284 g/mol. The fraction of sp³-hybridized carbons (Fsp3) is 0.111. The number of rotatable bonds is 3. The van der Waals surface area contributed by atoms with E-state index >= 15 is 0 Å². The summed E-state index contributed by atoms with van der Waals surface area (Å²) < 4.78 is 33.6. The number of benzene rings is 2. The molecule has 3 rings (SSSR count). The van der Waals surface area contributed by atoms with Crippen molar-refractivity contribution < 1.29 is 13.5 Å². The van der Waals surface area contributed by atoms with Gasteiger partial charge in [-0.1, -0.05) is 0 Å². The first kappa shape index (κ1) is 14.3. The molecule has 112 valence electrons. The minimum atomic E-state index is -0.843. The number of nitrogens with zero attached hydrogens (tertiary/aromatic N) is 1. The van der Waals surface area contributed by atoms with Crippen LogP contribution in [0.15, 0.2) is 54.6 Å². The molecule has 22 heavy (non-hydrogen) atoms. The highest BCUT2D eigenvalue weighted by atomic mass is 19.2. The molecule has 0 saturated heterocycles. The van der Waals surface area contributed by atoms with Crippen molar-refractivity contribution in [1.82, 2.24) is 4.57 Å². The monoisotopic (exact) mass is 299 g/mol. The van der Waals surface area contributed by atoms with E-state index in [9.17, 15) is 8.78 Å². The largest absolute Gasteiger partial charge is 0.497 e. The predicted molar refractivity (Wildman–Crippen MR) is 82.8 cm³/mol. The third-order valence-corrected chi connectivity index (χ3v) is 3.72. The molecule has 0 unspecified atom stereocenters. The Bertz CT molecular complexity index is 806. The van der Waals surface area contributed by atoms with Gasteiger partial charge in [-0.2, -0.15) is 0 Å². The van der Waals surface area contributed by atoms with Crippen molar-refractivity contribution in [3.63, 3.8) is 0 Å². The lowest BCUT2D eigenvalue weighted by Crippen LogP contribution is -1.95. The first-order valence-corrected chi connectivity index (χ1v) is 6.85. The van der Waals surface area contributed by atoms with Crippen LogP contribution in [0.25, 0.3) is 22.5 Å². The number of hydrogen-bond acceptors (Lipinski definition) is 1. The molecule has 0 aliphatic carbocycles. The van der Waals surface area contributed by atoms with Crippen molar-refractivity contribution in [1.29, 1.82) is 0 Å². The smallest absolute Gasteiger partial charge is 0.159 e. The van der Waals surface area contributed by atoms with E-state index in [1.165, 1.54) is 6.07 Å². The Morgan fingerprint density at radius 1 is 0.773 bits per heavy atom. The lowest BCUT2D eigenvalue weighted by atomic mass is 10.1. The third-order valence-electron chi connectivity index (χ3n) is 3.72. The van der Waals surface area contributed by atoms with Gasteiger partial charge in [-0.25, -0.2) is 8.78 Å². The summed E-state index contributed by atoms with van der Waals surface area (Å²) in [5.74, 6) is -0.892. The Morgan fingerprint density at radius 2 is 1.36 bits per heavy atom. The number of hydrogen-bond donors (Lipinski definition) is 0. The van der Waals surface area contributed by atoms with Crippen LogP contribution in [0.5, 0.6) is 5.75 Å². The maximum atomic E-state index is 13.4. The van der Waals surface area contributed by atoms with Crippen LogP contribution in [-0.2, 0) is 7.05 Å². The van der Waals surface area contributed by atoms with Gasteiger partial charge in [0.25, 0.3) is 0 Å². The molecule has 0 spiro atoms. The van der Waals surface area contributed by atoms with Gasteiger partial charge in [0, 0.05) is 24.0 Å². The van der Waals surface area contributed by atoms with Crippen LogP contribution < -0.4 is 4.74 Å². The van der Waals surface area contributed by atoms with E-state index in [2.05, 4.69) is 0 Å². The molecule has 0 bridgehead atoms. The Labute approximate surface area is 127 Å². The fourth-order valence-electron chi connectivity index (χ4n) is 2.51. The topological polar surface area (TPSA) is 14.2 Å². The van der Waals surface area contributed by atoms with Crippen molar-refractivity contribution >= 4 is 0 Å². The zero-order valence-electron chi connectivity index (χ0n) is 12.3. The highest BCUT2D eigenvalue weighted by Gasteiger charge is 2.11. The first-order chi connectivity index (χ1) is 10.6. The van der Waals surface area contributed by atoms with Gasteiger partial charge < -0.3 is 9.30 Å². The number of aromatic nitrogens is 1. The van der Waals surface area contributed by atoms with Crippen molar-refractivity contribution in [2.24, 2.45) is 7.05 Å². The summed E-state index contributed by atoms with van der Waals surface area (Å²) >= 11 is 0. The highest BCUT2D eigenvalue weighted by Crippen LogP contribution is 2.29. The van der Waals surface area contributed by atoms with Gasteiger partial charge in [0.1, 0.15) is 5.75 Å². The van der Waals surface area contributed by atoms with Gasteiger partial charge in [-0.3, -0.25) is 0 Å². The minimum absolute atomic E-state index is 0.640. The molecule has 0 N–H and O–H groups in total. The summed E-state index contributed by atoms with van der Waals surface area (Å²) in [6, 6.07) is 15.5. The van der Waals surface area contributed by atoms with Crippen LogP contribution in [0, 0.1) is 11.6 Å². The molecule has 0 aliphatic heterocycles. The fourth-order valence-corrected chi connectivity index (χ4v) is 2.51. The Kier molecular flexibility index (Phi) is 3.67. The third kappa shape index (κ3) is 2.48. The lowest BCUT2D eigenvalue weighted by molar-refractivity contribution is 0.415. The molecule has 2 nitrogen and oxygen atoms in total. The van der Waals surface area contributed by atoms with Crippen molar-refractivity contribution in [3.8, 4) is 28.3 Å². The SMILES string of the molecule is COc1ccc(-c2ccc(-c3ccc(F)c(F)c3)n2C)cc1. The van der Waals surface area contributed by atoms with Crippen molar-refractivity contribution in [2.75, 3.05) is 7.11 Å². The van der Waals surface area contributed by atoms with Gasteiger partial charge in [0.2, 0.25) is 0 Å². The summed E-state index contributed by atoms with van der Waals surface area (Å²) in [6.45, 7) is 0. The maximum Gasteiger partial charge on any atom is 0.159 e. The zero-order chi connectivity index (χ0) is 15.7. The van der Waals surface area contributed by atoms with E-state index in [1.54, 1.807) is 13.2 Å². The normalized spacial score (nSPS) is 10.7. The average molecular weight is 299 g/mol. The van der Waals surface area contributed by atoms with Crippen molar-refractivity contribution in [2.45, 2.75) is 0 Å². The summed E-state index contributed by atoms with van der Waals surface area (Å²) in [5.41, 5.74) is 3.48. The number of methoxy groups -OCH3 is 1. The molecule has 3 aromatic rings. The van der Waals surface area contributed by atoms with Gasteiger partial charge in [0.05, 0.1) is 7.11 Å². The summed E-state index contributed by atoms with van der Waals surface area (Å²) in [6.07, 6.45) is 0. The predicted octanol–water partition coefficient (Wildman–Crippen LogP) is 4.65. The van der Waals surface area contributed by atoms with E-state index in [4.69, 9.17) is 4.74 Å². The van der Waals surface area contributed by atoms with Crippen LogP contribution in [-0.4, -0.2) is 11.7 Å². The first-order valence-electron chi connectivity index (χ1n) is 6.85. The molecule has 1 aromatic heterocycles. The second kappa shape index (κ2) is 5.64. The second-order valence-electron chi connectivity index (χ2n) is 5.02. The molecule has 0 fully saturated rings. The Hall–Kier alpha value is -2.62. The molecule has 1 heterocycles. The molecule has 0 radical (unpaired) electrons. The van der Waals surface area contributed by atoms with Gasteiger partial charge >= 0.3 is 0 Å². The molecule has 4 heteroatoms. The standard InChI is InChI=1S/C18H15F2NO/c1-21-17(12-3-6-14(22-2)7-4-12)9-10-18(21)13-5-8-15(19)16(20)11-13/h3-11H,1-2H3. The quantitative estimate of drug-likeness (QED) is 0.687. The maximum absolute atomic E-state index is 13.4. The summed E-state index contributed by atoms with van der Waals surface area (Å²) in [5, 5.41) is 0. The molecule has 0 atom stereocenters. The Balaban J connectivity index is 2.02. The molecule has 2 aromatic carbocycles. The van der Waals surface area contributed by atoms with E-state index in [0.29, 0.717) is 5.56 Å². The average Bonchev–Trinajstić information content (AvgIpc) is 2.92. The van der Waals surface area contributed by atoms with Gasteiger partial charge in [0.15, 0.2) is 11.6 Å². The zero-order valence-corrected chi connectivity index (χ0v) is 12.3. The van der Waals surface area contributed by atoms with Crippen molar-refractivity contribution in [3.05, 3.63) is 66.2 Å². The molecule has 0 saturated carbocycles. The minimum Gasteiger partial charge on any atom is -0.497 e. The second-order valence-corrected chi connectivity index (χ2v) is 5.02. The van der Waals surface area contributed by atoms with Gasteiger partial charge in [-0.05, 0) is 60.2 Å². The highest BCUT2D eigenvalue weighted by molar-refractivity contribution is 5.70. The van der Waals surface area contributed by atoms with Crippen LogP contribution in [0.4, 0.5) is 8.78 Å². The van der Waals surface area contributed by atoms with E-state index in [0.717, 1.165) is 28.8 Å². The van der Waals surface area contributed by atoms with Crippen LogP contribution in [0.1, 0.15) is 0 Å². The van der Waals surface area contributed by atoms with E-state index < -0.39 is 11.6 Å². The van der Waals surface area contributed by atoms with E-state index in [1.807, 2.05) is 48.0 Å². The molecule has 0 aliphatic rings. The Morgan fingerprint density at radius 3 is 1.95 bits per heavy atom. The van der Waals surface area contributed by atoms with Crippen LogP contribution in [0.2, 0.25) is 0 Å². The van der Waals surface area contributed by atoms with Gasteiger partial charge in [-0.15, -0.1) is 0 Å². The lowest BCUT2D eigenvalue weighted by Gasteiger charge is -2.09. The molecular formula is C18H15F2NO. The molecule has 0 amide bonds. The summed E-state index contributed by atoms with van der Waals surface area (Å²) in [7, 11) is 3.52. The number of ether oxygens (including phenoxy) is 1.